The van der Waals surface area contributed by atoms with Crippen molar-refractivity contribution in [1.82, 2.24) is 25.1 Å². The van der Waals surface area contributed by atoms with Crippen LogP contribution in [-0.4, -0.2) is 50.5 Å². The van der Waals surface area contributed by atoms with Crippen molar-refractivity contribution in [1.29, 1.82) is 0 Å². The number of aromatic nitrogens is 4. The molecule has 0 bridgehead atoms. The molecule has 5 rings (SSSR count). The molecule has 0 spiro atoms. The molecule has 2 aliphatic rings. The van der Waals surface area contributed by atoms with Gasteiger partial charge < -0.3 is 9.64 Å². The SMILES string of the molecule is COc1ccccc1CN1C(=O)CCc2c(C)nc(C3CCCN3C(=O)c3ccn[nH]3)nc21. The summed E-state index contributed by atoms with van der Waals surface area (Å²) < 4.78 is 5.49. The molecule has 2 amide bonds. The van der Waals surface area contributed by atoms with Crippen LogP contribution < -0.4 is 9.64 Å². The summed E-state index contributed by atoms with van der Waals surface area (Å²) in [6, 6.07) is 9.11. The average Bonchev–Trinajstić information content (AvgIpc) is 3.53. The Morgan fingerprint density at radius 3 is 2.85 bits per heavy atom. The van der Waals surface area contributed by atoms with E-state index in [1.807, 2.05) is 31.2 Å². The van der Waals surface area contributed by atoms with Crippen molar-refractivity contribution >= 4 is 17.6 Å². The third-order valence-electron chi connectivity index (χ3n) is 6.42. The van der Waals surface area contributed by atoms with E-state index in [0.29, 0.717) is 43.3 Å². The molecule has 1 atom stereocenters. The first kappa shape index (κ1) is 21.1. The zero-order valence-electron chi connectivity index (χ0n) is 18.7. The second-order valence-corrected chi connectivity index (χ2v) is 8.39. The van der Waals surface area contributed by atoms with Gasteiger partial charge in [-0.05, 0) is 38.3 Å². The number of anilines is 1. The van der Waals surface area contributed by atoms with Crippen LogP contribution in [0.5, 0.6) is 5.75 Å². The zero-order valence-corrected chi connectivity index (χ0v) is 18.7. The Balaban J connectivity index is 1.51. The Morgan fingerprint density at radius 1 is 1.21 bits per heavy atom. The number of carbonyl (C=O) groups is 2. The number of amides is 2. The van der Waals surface area contributed by atoms with E-state index in [9.17, 15) is 9.59 Å². The highest BCUT2D eigenvalue weighted by atomic mass is 16.5. The molecule has 9 heteroatoms. The predicted octanol–water partition coefficient (Wildman–Crippen LogP) is 2.97. The highest BCUT2D eigenvalue weighted by Gasteiger charge is 2.36. The van der Waals surface area contributed by atoms with Gasteiger partial charge in [0.25, 0.3) is 5.91 Å². The van der Waals surface area contributed by atoms with Crippen LogP contribution in [0.2, 0.25) is 0 Å². The Labute approximate surface area is 191 Å². The summed E-state index contributed by atoms with van der Waals surface area (Å²) >= 11 is 0. The first-order valence-electron chi connectivity index (χ1n) is 11.2. The molecule has 0 radical (unpaired) electrons. The van der Waals surface area contributed by atoms with E-state index < -0.39 is 0 Å². The number of methoxy groups -OCH3 is 1. The highest BCUT2D eigenvalue weighted by Crippen LogP contribution is 2.36. The zero-order chi connectivity index (χ0) is 22.9. The molecule has 1 aromatic carbocycles. The topological polar surface area (TPSA) is 104 Å². The van der Waals surface area contributed by atoms with E-state index in [4.69, 9.17) is 14.7 Å². The minimum atomic E-state index is -0.241. The van der Waals surface area contributed by atoms with Crippen LogP contribution in [0.25, 0.3) is 0 Å². The number of likely N-dealkylation sites (tertiary alicyclic amines) is 1. The van der Waals surface area contributed by atoms with Crippen molar-refractivity contribution in [3.8, 4) is 5.75 Å². The number of carbonyl (C=O) groups excluding carboxylic acids is 2. The number of benzene rings is 1. The van der Waals surface area contributed by atoms with Crippen molar-refractivity contribution in [2.75, 3.05) is 18.6 Å². The van der Waals surface area contributed by atoms with E-state index in [1.165, 1.54) is 0 Å². The summed E-state index contributed by atoms with van der Waals surface area (Å²) in [6.45, 7) is 2.95. The van der Waals surface area contributed by atoms with Gasteiger partial charge in [-0.2, -0.15) is 5.10 Å². The second-order valence-electron chi connectivity index (χ2n) is 8.39. The van der Waals surface area contributed by atoms with Crippen molar-refractivity contribution < 1.29 is 14.3 Å². The molecule has 1 unspecified atom stereocenters. The highest BCUT2D eigenvalue weighted by molar-refractivity contribution is 5.95. The normalized spacial score (nSPS) is 17.9. The molecule has 4 heterocycles. The maximum atomic E-state index is 13.0. The van der Waals surface area contributed by atoms with Crippen LogP contribution in [0.3, 0.4) is 0 Å². The molecule has 3 aromatic rings. The van der Waals surface area contributed by atoms with Crippen LogP contribution in [0.4, 0.5) is 5.82 Å². The Bertz CT molecular complexity index is 1190. The number of nitrogens with zero attached hydrogens (tertiary/aromatic N) is 5. The van der Waals surface area contributed by atoms with E-state index >= 15 is 0 Å². The summed E-state index contributed by atoms with van der Waals surface area (Å²) in [5.74, 6) is 1.86. The van der Waals surface area contributed by atoms with Gasteiger partial charge >= 0.3 is 0 Å². The predicted molar refractivity (Wildman–Crippen MR) is 121 cm³/mol. The largest absolute Gasteiger partial charge is 0.496 e. The minimum absolute atomic E-state index is 0.0225. The molecule has 1 saturated heterocycles. The standard InChI is InChI=1S/C24H26N6O3/c1-15-17-9-10-21(31)30(14-16-6-3-4-8-20(16)33-2)23(17)27-22(26-15)19-7-5-13-29(19)24(32)18-11-12-25-28-18/h3-4,6,8,11-12,19H,5,7,9-10,13-14H2,1-2H3,(H,25,28). The average molecular weight is 447 g/mol. The number of rotatable bonds is 5. The molecule has 33 heavy (non-hydrogen) atoms. The fraction of sp³-hybridized carbons (Fsp3) is 0.375. The number of nitrogens with one attached hydrogen (secondary N) is 1. The molecule has 0 saturated carbocycles. The molecule has 1 fully saturated rings. The molecule has 1 N–H and O–H groups in total. The van der Waals surface area contributed by atoms with Crippen LogP contribution in [0.15, 0.2) is 36.5 Å². The molecular weight excluding hydrogens is 420 g/mol. The maximum absolute atomic E-state index is 13.0. The first-order valence-corrected chi connectivity index (χ1v) is 11.2. The number of aromatic amines is 1. The summed E-state index contributed by atoms with van der Waals surface area (Å²) in [7, 11) is 1.63. The fourth-order valence-corrected chi connectivity index (χ4v) is 4.73. The molecule has 2 aromatic heterocycles. The third-order valence-corrected chi connectivity index (χ3v) is 6.42. The summed E-state index contributed by atoms with van der Waals surface area (Å²) in [4.78, 5) is 39.2. The molecular formula is C24H26N6O3. The fourth-order valence-electron chi connectivity index (χ4n) is 4.73. The number of aryl methyl sites for hydroxylation is 1. The Hall–Kier alpha value is -3.75. The van der Waals surface area contributed by atoms with Gasteiger partial charge in [0, 0.05) is 36.0 Å². The van der Waals surface area contributed by atoms with Crippen LogP contribution in [0, 0.1) is 6.92 Å². The Kier molecular flexibility index (Phi) is 5.53. The summed E-state index contributed by atoms with van der Waals surface area (Å²) in [5.41, 5.74) is 3.20. The third kappa shape index (κ3) is 3.83. The molecule has 9 nitrogen and oxygen atoms in total. The van der Waals surface area contributed by atoms with Gasteiger partial charge in [0.1, 0.15) is 17.3 Å². The minimum Gasteiger partial charge on any atom is -0.496 e. The maximum Gasteiger partial charge on any atom is 0.272 e. The van der Waals surface area contributed by atoms with Crippen LogP contribution >= 0.6 is 0 Å². The van der Waals surface area contributed by atoms with Gasteiger partial charge in [0.15, 0.2) is 5.82 Å². The number of fused-ring (bicyclic) bond motifs is 1. The lowest BCUT2D eigenvalue weighted by Crippen LogP contribution is -2.37. The lowest BCUT2D eigenvalue weighted by molar-refractivity contribution is -0.119. The number of para-hydroxylation sites is 1. The van der Waals surface area contributed by atoms with Gasteiger partial charge in [0.05, 0.1) is 19.7 Å². The van der Waals surface area contributed by atoms with Crippen LogP contribution in [-0.2, 0) is 17.8 Å². The number of ether oxygens (including phenoxy) is 1. The summed E-state index contributed by atoms with van der Waals surface area (Å²) in [5, 5.41) is 6.65. The van der Waals surface area contributed by atoms with E-state index in [2.05, 4.69) is 10.2 Å². The molecule has 2 aliphatic heterocycles. The molecule has 0 aliphatic carbocycles. The monoisotopic (exact) mass is 446 g/mol. The van der Waals surface area contributed by atoms with Gasteiger partial charge in [0.2, 0.25) is 5.91 Å². The van der Waals surface area contributed by atoms with Gasteiger partial charge in [-0.25, -0.2) is 9.97 Å². The Morgan fingerprint density at radius 2 is 2.06 bits per heavy atom. The number of hydrogen-bond acceptors (Lipinski definition) is 6. The first-order chi connectivity index (χ1) is 16.1. The number of H-pyrrole nitrogens is 1. The van der Waals surface area contributed by atoms with Crippen LogP contribution in [0.1, 0.15) is 58.4 Å². The molecule has 170 valence electrons. The van der Waals surface area contributed by atoms with E-state index in [0.717, 1.165) is 35.4 Å². The number of hydrogen-bond donors (Lipinski definition) is 1. The lowest BCUT2D eigenvalue weighted by atomic mass is 10.0. The van der Waals surface area contributed by atoms with Crippen molar-refractivity contribution in [3.05, 3.63) is 64.9 Å². The lowest BCUT2D eigenvalue weighted by Gasteiger charge is -2.31. The van der Waals surface area contributed by atoms with Gasteiger partial charge in [-0.3, -0.25) is 19.6 Å². The van der Waals surface area contributed by atoms with Crippen molar-refractivity contribution in [2.45, 2.75) is 45.2 Å². The quantitative estimate of drug-likeness (QED) is 0.646. The van der Waals surface area contributed by atoms with Gasteiger partial charge in [-0.15, -0.1) is 0 Å². The van der Waals surface area contributed by atoms with Crippen molar-refractivity contribution in [2.24, 2.45) is 0 Å². The van der Waals surface area contributed by atoms with E-state index in [1.54, 1.807) is 29.2 Å². The van der Waals surface area contributed by atoms with Gasteiger partial charge in [-0.1, -0.05) is 18.2 Å². The smallest absolute Gasteiger partial charge is 0.272 e. The van der Waals surface area contributed by atoms with E-state index in [-0.39, 0.29) is 17.9 Å². The second kappa shape index (κ2) is 8.65. The summed E-state index contributed by atoms with van der Waals surface area (Å²) in [6.07, 6.45) is 4.25. The van der Waals surface area contributed by atoms with Crippen molar-refractivity contribution in [3.63, 3.8) is 0 Å².